The molecule has 0 bridgehead atoms. The van der Waals surface area contributed by atoms with Crippen LogP contribution in [-0.4, -0.2) is 16.9 Å². The third kappa shape index (κ3) is 4.53. The largest absolute Gasteiger partial charge is 0.508 e. The standard InChI is InChI=1S/C23H22O4/c1-15-8-9-18(13-21(15)24)16(2)12-19-10-11-20(14-22(19)25)27-23(26)17-6-4-3-5-7-17/h3-8,10-11,14,18,25H,2,9,12-13H2,1H3/t18-/m1/s1. The van der Waals surface area contributed by atoms with Crippen molar-refractivity contribution >= 4 is 11.8 Å². The highest BCUT2D eigenvalue weighted by Gasteiger charge is 2.22. The first kappa shape index (κ1) is 18.6. The van der Waals surface area contributed by atoms with Gasteiger partial charge in [0.2, 0.25) is 0 Å². The van der Waals surface area contributed by atoms with Gasteiger partial charge in [-0.3, -0.25) is 4.79 Å². The number of aromatic hydroxyl groups is 1. The molecule has 0 unspecified atom stereocenters. The molecule has 4 nitrogen and oxygen atoms in total. The van der Waals surface area contributed by atoms with Gasteiger partial charge < -0.3 is 9.84 Å². The Kier molecular flexibility index (Phi) is 5.55. The predicted molar refractivity (Wildman–Crippen MR) is 104 cm³/mol. The lowest BCUT2D eigenvalue weighted by Gasteiger charge is -2.22. The second kappa shape index (κ2) is 8.04. The molecule has 0 heterocycles. The van der Waals surface area contributed by atoms with Crippen LogP contribution in [0.1, 0.15) is 35.7 Å². The van der Waals surface area contributed by atoms with Crippen LogP contribution in [0.3, 0.4) is 0 Å². The summed E-state index contributed by atoms with van der Waals surface area (Å²) in [5, 5.41) is 10.3. The van der Waals surface area contributed by atoms with Gasteiger partial charge in [-0.15, -0.1) is 0 Å². The summed E-state index contributed by atoms with van der Waals surface area (Å²) in [7, 11) is 0. The third-order valence-corrected chi connectivity index (χ3v) is 4.85. The Bertz CT molecular complexity index is 909. The first-order chi connectivity index (χ1) is 12.9. The molecule has 1 aliphatic carbocycles. The minimum Gasteiger partial charge on any atom is -0.508 e. The van der Waals surface area contributed by atoms with Gasteiger partial charge in [-0.1, -0.05) is 42.5 Å². The average Bonchev–Trinajstić information content (AvgIpc) is 2.66. The summed E-state index contributed by atoms with van der Waals surface area (Å²) in [6.45, 7) is 5.94. The zero-order valence-electron chi connectivity index (χ0n) is 15.3. The molecule has 1 atom stereocenters. The van der Waals surface area contributed by atoms with E-state index >= 15 is 0 Å². The molecule has 1 aliphatic rings. The fourth-order valence-electron chi connectivity index (χ4n) is 3.10. The number of hydrogen-bond acceptors (Lipinski definition) is 4. The number of ketones is 1. The maximum Gasteiger partial charge on any atom is 0.343 e. The van der Waals surface area contributed by atoms with Crippen molar-refractivity contribution in [3.05, 3.63) is 83.5 Å². The smallest absolute Gasteiger partial charge is 0.343 e. The summed E-state index contributed by atoms with van der Waals surface area (Å²) in [5.74, 6) is 0.0940. The second-order valence-electron chi connectivity index (χ2n) is 6.83. The van der Waals surface area contributed by atoms with Crippen LogP contribution >= 0.6 is 0 Å². The van der Waals surface area contributed by atoms with Crippen LogP contribution in [-0.2, 0) is 11.2 Å². The molecule has 1 N–H and O–H groups in total. The first-order valence-corrected chi connectivity index (χ1v) is 8.91. The number of allylic oxidation sites excluding steroid dienone is 3. The van der Waals surface area contributed by atoms with Crippen molar-refractivity contribution in [2.75, 3.05) is 0 Å². The van der Waals surface area contributed by atoms with Crippen LogP contribution in [0.25, 0.3) is 0 Å². The Balaban J connectivity index is 1.65. The van der Waals surface area contributed by atoms with Gasteiger partial charge >= 0.3 is 5.97 Å². The normalized spacial score (nSPS) is 16.6. The number of Topliss-reactive ketones (excluding diaryl/α,β-unsaturated/α-hetero) is 1. The van der Waals surface area contributed by atoms with Crippen LogP contribution in [0.5, 0.6) is 11.5 Å². The van der Waals surface area contributed by atoms with Gasteiger partial charge in [-0.25, -0.2) is 4.79 Å². The van der Waals surface area contributed by atoms with Gasteiger partial charge in [0.1, 0.15) is 11.5 Å². The van der Waals surface area contributed by atoms with Gasteiger partial charge in [0, 0.05) is 12.5 Å². The van der Waals surface area contributed by atoms with Crippen LogP contribution in [0.15, 0.2) is 72.3 Å². The molecule has 0 aromatic heterocycles. The molecule has 0 aliphatic heterocycles. The van der Waals surface area contributed by atoms with Crippen molar-refractivity contribution in [3.8, 4) is 11.5 Å². The number of esters is 1. The van der Waals surface area contributed by atoms with E-state index < -0.39 is 5.97 Å². The highest BCUT2D eigenvalue weighted by Crippen LogP contribution is 2.32. The molecule has 3 rings (SSSR count). The Morgan fingerprint density at radius 1 is 1.22 bits per heavy atom. The van der Waals surface area contributed by atoms with E-state index in [4.69, 9.17) is 4.74 Å². The van der Waals surface area contributed by atoms with Crippen LogP contribution in [0, 0.1) is 5.92 Å². The van der Waals surface area contributed by atoms with E-state index in [0.29, 0.717) is 24.0 Å². The molecular weight excluding hydrogens is 340 g/mol. The van der Waals surface area contributed by atoms with Crippen molar-refractivity contribution in [1.29, 1.82) is 0 Å². The van der Waals surface area contributed by atoms with Gasteiger partial charge in [0.25, 0.3) is 0 Å². The molecule has 138 valence electrons. The number of benzene rings is 2. The monoisotopic (exact) mass is 362 g/mol. The van der Waals surface area contributed by atoms with Crippen molar-refractivity contribution in [2.24, 2.45) is 5.92 Å². The summed E-state index contributed by atoms with van der Waals surface area (Å²) < 4.78 is 5.31. The SMILES string of the molecule is C=C(Cc1ccc(OC(=O)c2ccccc2)cc1O)[C@@H]1CC=C(C)C(=O)C1. The molecule has 2 aromatic carbocycles. The Hall–Kier alpha value is -3.14. The minimum absolute atomic E-state index is 0.0448. The van der Waals surface area contributed by atoms with E-state index in [1.807, 2.05) is 19.1 Å². The van der Waals surface area contributed by atoms with Crippen molar-refractivity contribution in [1.82, 2.24) is 0 Å². The number of phenolic OH excluding ortho intramolecular Hbond substituents is 1. The van der Waals surface area contributed by atoms with E-state index in [0.717, 1.165) is 17.6 Å². The highest BCUT2D eigenvalue weighted by atomic mass is 16.5. The number of ether oxygens (including phenoxy) is 1. The average molecular weight is 362 g/mol. The zero-order valence-corrected chi connectivity index (χ0v) is 15.3. The highest BCUT2D eigenvalue weighted by molar-refractivity contribution is 5.95. The van der Waals surface area contributed by atoms with E-state index in [-0.39, 0.29) is 23.2 Å². The van der Waals surface area contributed by atoms with Crippen molar-refractivity contribution < 1.29 is 19.4 Å². The topological polar surface area (TPSA) is 63.6 Å². The summed E-state index contributed by atoms with van der Waals surface area (Å²) >= 11 is 0. The zero-order chi connectivity index (χ0) is 19.4. The van der Waals surface area contributed by atoms with Crippen molar-refractivity contribution in [3.63, 3.8) is 0 Å². The molecule has 0 saturated carbocycles. The maximum atomic E-state index is 12.1. The fourth-order valence-corrected chi connectivity index (χ4v) is 3.10. The van der Waals surface area contributed by atoms with Crippen LogP contribution in [0.2, 0.25) is 0 Å². The van der Waals surface area contributed by atoms with E-state index in [9.17, 15) is 14.7 Å². The number of hydrogen-bond donors (Lipinski definition) is 1. The summed E-state index contributed by atoms with van der Waals surface area (Å²) in [5.41, 5.74) is 2.86. The van der Waals surface area contributed by atoms with E-state index in [2.05, 4.69) is 6.58 Å². The number of carbonyl (C=O) groups is 2. The Morgan fingerprint density at radius 2 is 1.96 bits per heavy atom. The van der Waals surface area contributed by atoms with E-state index in [1.54, 1.807) is 36.4 Å². The first-order valence-electron chi connectivity index (χ1n) is 8.91. The number of carbonyl (C=O) groups excluding carboxylic acids is 2. The molecule has 0 spiro atoms. The lowest BCUT2D eigenvalue weighted by molar-refractivity contribution is -0.116. The number of rotatable bonds is 5. The van der Waals surface area contributed by atoms with Crippen molar-refractivity contribution in [2.45, 2.75) is 26.2 Å². The summed E-state index contributed by atoms with van der Waals surface area (Å²) in [6.07, 6.45) is 3.69. The lowest BCUT2D eigenvalue weighted by Crippen LogP contribution is -2.16. The lowest BCUT2D eigenvalue weighted by atomic mass is 9.82. The Labute approximate surface area is 158 Å². The summed E-state index contributed by atoms with van der Waals surface area (Å²) in [4.78, 5) is 24.0. The number of phenols is 1. The molecule has 27 heavy (non-hydrogen) atoms. The quantitative estimate of drug-likeness (QED) is 0.478. The molecule has 0 saturated heterocycles. The predicted octanol–water partition coefficient (Wildman–Crippen LogP) is 4.64. The maximum absolute atomic E-state index is 12.1. The fraction of sp³-hybridized carbons (Fsp3) is 0.217. The molecule has 0 radical (unpaired) electrons. The van der Waals surface area contributed by atoms with Gasteiger partial charge in [-0.05, 0) is 55.0 Å². The molecule has 0 amide bonds. The van der Waals surface area contributed by atoms with Crippen LogP contribution < -0.4 is 4.74 Å². The Morgan fingerprint density at radius 3 is 2.63 bits per heavy atom. The minimum atomic E-state index is -0.477. The molecule has 2 aromatic rings. The van der Waals surface area contributed by atoms with Gasteiger partial charge in [-0.2, -0.15) is 0 Å². The second-order valence-corrected chi connectivity index (χ2v) is 6.83. The molecular formula is C23H22O4. The molecule has 4 heteroatoms. The third-order valence-electron chi connectivity index (χ3n) is 4.85. The van der Waals surface area contributed by atoms with Gasteiger partial charge in [0.05, 0.1) is 5.56 Å². The van der Waals surface area contributed by atoms with Crippen LogP contribution in [0.4, 0.5) is 0 Å². The van der Waals surface area contributed by atoms with E-state index in [1.165, 1.54) is 6.07 Å². The summed E-state index contributed by atoms with van der Waals surface area (Å²) in [6, 6.07) is 13.5. The van der Waals surface area contributed by atoms with Gasteiger partial charge in [0.15, 0.2) is 5.78 Å². The molecule has 0 fully saturated rings.